The number of benzene rings is 4. The number of fused-ring (bicyclic) bond motifs is 4. The van der Waals surface area contributed by atoms with Gasteiger partial charge >= 0.3 is 0 Å². The summed E-state index contributed by atoms with van der Waals surface area (Å²) in [5.74, 6) is 4.43. The first-order valence-corrected chi connectivity index (χ1v) is 23.4. The minimum absolute atomic E-state index is 0.280. The summed E-state index contributed by atoms with van der Waals surface area (Å²) in [6.45, 7) is 8.89. The van der Waals surface area contributed by atoms with Crippen LogP contribution in [0.15, 0.2) is 0 Å². The number of rotatable bonds is 16. The van der Waals surface area contributed by atoms with Crippen molar-refractivity contribution in [1.82, 2.24) is 0 Å². The molecule has 0 atom stereocenters. The normalized spacial score (nSPS) is 11.9. The molecule has 0 bridgehead atoms. The lowest BCUT2D eigenvalue weighted by Gasteiger charge is -2.38. The van der Waals surface area contributed by atoms with Crippen molar-refractivity contribution in [2.75, 3.05) is 32.7 Å². The van der Waals surface area contributed by atoms with Gasteiger partial charge in [-0.2, -0.15) is 0 Å². The molecule has 1 aliphatic heterocycles. The predicted octanol–water partition coefficient (Wildman–Crippen LogP) is 14.7. The van der Waals surface area contributed by atoms with Gasteiger partial charge in [0.05, 0.1) is 93.7 Å². The van der Waals surface area contributed by atoms with Crippen molar-refractivity contribution < 1.29 is 43.5 Å². The third kappa shape index (κ3) is 7.50. The van der Waals surface area contributed by atoms with E-state index in [1.807, 2.05) is 126 Å². The summed E-state index contributed by atoms with van der Waals surface area (Å²) in [6.07, 6.45) is 0. The first-order chi connectivity index (χ1) is 25.2. The average molecular weight is 1850 g/mol. The topological polar surface area (TPSA) is 117 Å². The van der Waals surface area contributed by atoms with Crippen molar-refractivity contribution in [3.05, 3.63) is 0 Å². The molecule has 0 fully saturated rings. The molecule has 0 aliphatic carbocycles. The predicted molar refractivity (Wildman–Crippen MR) is 282 cm³/mol. The van der Waals surface area contributed by atoms with Gasteiger partial charge in [-0.1, -0.05) is 0 Å². The van der Waals surface area contributed by atoms with Crippen molar-refractivity contribution in [3.63, 3.8) is 0 Å². The average Bonchev–Trinajstić information content (AvgIpc) is 3.15. The second-order valence-electron chi connectivity index (χ2n) is 9.75. The van der Waals surface area contributed by atoms with Gasteiger partial charge in [0.15, 0.2) is 230 Å². The summed E-state index contributed by atoms with van der Waals surface area (Å²) < 4.78 is 77.7. The fraction of sp³-hybridized carbons (Fsp3) is 0.286. The Labute approximate surface area is 438 Å². The first-order valence-electron chi connectivity index (χ1n) is 14.4. The molecule has 5 rings (SSSR count). The molecule has 4 aromatic rings. The minimum Gasteiger partial charge on any atom is -0.491 e. The molecule has 0 N–H and O–H groups in total. The molecule has 0 saturated carbocycles. The Morgan fingerprint density at radius 2 is 0.538 bits per heavy atom. The molecule has 284 valence electrons. The van der Waals surface area contributed by atoms with Gasteiger partial charge in [-0.15, -0.1) is 0 Å². The number of halogens is 10. The van der Waals surface area contributed by atoms with Gasteiger partial charge in [-0.25, -0.2) is 0 Å². The standard InChI is InChI=1S/C28H20I10N2O12/c1-5-41-17-9-10(22(48-34)26(44-8-4)25(43-7-3)21(9)42-6-2)18(45-31)14-13(17)39(29)15-16(40(14)30)20(47-33)12-11(19(15)46-32)23(49-35)27(51-37)28(52-38)24(12)50-36/h5-8H2,1-4H3. The highest BCUT2D eigenvalue weighted by Gasteiger charge is 2.45. The van der Waals surface area contributed by atoms with Crippen LogP contribution in [0.1, 0.15) is 27.7 Å². The smallest absolute Gasteiger partial charge is 0.224 e. The summed E-state index contributed by atoms with van der Waals surface area (Å²) in [7, 11) is 0. The summed E-state index contributed by atoms with van der Waals surface area (Å²) in [5, 5.41) is 2.10. The van der Waals surface area contributed by atoms with Crippen LogP contribution in [-0.4, -0.2) is 26.4 Å². The third-order valence-electron chi connectivity index (χ3n) is 7.42. The van der Waals surface area contributed by atoms with Crippen LogP contribution in [0.4, 0.5) is 22.7 Å². The van der Waals surface area contributed by atoms with Crippen molar-refractivity contribution >= 4 is 274 Å². The Hall–Kier alpha value is 1.90. The number of hydrogen-bond acceptors (Lipinski definition) is 14. The van der Waals surface area contributed by atoms with E-state index in [4.69, 9.17) is 43.5 Å². The molecule has 0 saturated heterocycles. The Kier molecular flexibility index (Phi) is 17.5. The summed E-state index contributed by atoms with van der Waals surface area (Å²) in [5.41, 5.74) is 2.39. The molecule has 1 heterocycles. The molecule has 0 aromatic heterocycles. The summed E-state index contributed by atoms with van der Waals surface area (Å²) in [4.78, 5) is 0. The van der Waals surface area contributed by atoms with Gasteiger partial charge in [0.2, 0.25) is 23.0 Å². The molecule has 1 aliphatic rings. The van der Waals surface area contributed by atoms with E-state index in [9.17, 15) is 0 Å². The zero-order valence-corrected chi connectivity index (χ0v) is 48.0. The number of anilines is 4. The molecule has 0 amide bonds. The molecular weight excluding hydrogens is 1830 g/mol. The maximum absolute atomic E-state index is 6.61. The lowest BCUT2D eigenvalue weighted by molar-refractivity contribution is 0.259. The molecule has 0 unspecified atom stereocenters. The fourth-order valence-electron chi connectivity index (χ4n) is 5.75. The zero-order valence-electron chi connectivity index (χ0n) is 26.4. The molecule has 4 aromatic carbocycles. The molecule has 24 heteroatoms. The van der Waals surface area contributed by atoms with E-state index in [1.165, 1.54) is 0 Å². The molecular formula is C28H20I10N2O12. The Morgan fingerprint density at radius 3 is 0.846 bits per heavy atom. The van der Waals surface area contributed by atoms with Crippen LogP contribution >= 0.6 is 230 Å². The summed E-state index contributed by atoms with van der Waals surface area (Å²) in [6, 6.07) is 0. The molecule has 52 heavy (non-hydrogen) atoms. The van der Waals surface area contributed by atoms with Crippen LogP contribution in [0, 0.1) is 0 Å². The Balaban J connectivity index is 2.13. The number of hydrogen-bond donors (Lipinski definition) is 0. The van der Waals surface area contributed by atoms with E-state index in [0.29, 0.717) is 128 Å². The van der Waals surface area contributed by atoms with Crippen molar-refractivity contribution in [3.8, 4) is 69.0 Å². The molecule has 0 radical (unpaired) electrons. The quantitative estimate of drug-likeness (QED) is 0.0782. The van der Waals surface area contributed by atoms with Gasteiger partial charge < -0.3 is 43.5 Å². The third-order valence-corrected chi connectivity index (χ3v) is 12.9. The maximum atomic E-state index is 6.61. The fourth-order valence-corrected chi connectivity index (χ4v) is 10.9. The lowest BCUT2D eigenvalue weighted by Crippen LogP contribution is -2.20. The minimum atomic E-state index is 0.280. The first kappa shape index (κ1) is 45.0. The van der Waals surface area contributed by atoms with Crippen LogP contribution in [0.3, 0.4) is 0 Å². The van der Waals surface area contributed by atoms with E-state index < -0.39 is 0 Å². The number of nitrogens with zero attached hydrogens (tertiary/aromatic N) is 2. The monoisotopic (exact) mass is 1850 g/mol. The zero-order chi connectivity index (χ0) is 38.0. The van der Waals surface area contributed by atoms with Crippen LogP contribution in [0.25, 0.3) is 21.5 Å². The van der Waals surface area contributed by atoms with E-state index in [-0.39, 0.29) is 11.5 Å². The van der Waals surface area contributed by atoms with Crippen LogP contribution in [0.2, 0.25) is 0 Å². The van der Waals surface area contributed by atoms with Gasteiger partial charge in [0, 0.05) is 0 Å². The van der Waals surface area contributed by atoms with Gasteiger partial charge in [-0.3, -0.25) is 6.23 Å². The Bertz CT molecular complexity index is 2010. The van der Waals surface area contributed by atoms with Crippen molar-refractivity contribution in [2.45, 2.75) is 27.7 Å². The van der Waals surface area contributed by atoms with Crippen LogP contribution in [-0.2, 0) is 0 Å². The number of ether oxygens (including phenoxy) is 4. The van der Waals surface area contributed by atoms with E-state index >= 15 is 0 Å². The van der Waals surface area contributed by atoms with E-state index in [1.54, 1.807) is 92.0 Å². The highest BCUT2D eigenvalue weighted by atomic mass is 127. The molecule has 0 spiro atoms. The largest absolute Gasteiger partial charge is 0.491 e. The van der Waals surface area contributed by atoms with E-state index in [0.717, 1.165) is 0 Å². The second kappa shape index (κ2) is 20.2. The maximum Gasteiger partial charge on any atom is 0.224 e. The van der Waals surface area contributed by atoms with Crippen molar-refractivity contribution in [2.24, 2.45) is 0 Å². The highest BCUT2D eigenvalue weighted by Crippen LogP contribution is 2.72. The van der Waals surface area contributed by atoms with Crippen LogP contribution in [0.5, 0.6) is 69.0 Å². The van der Waals surface area contributed by atoms with Crippen molar-refractivity contribution in [1.29, 1.82) is 0 Å². The Morgan fingerprint density at radius 1 is 0.308 bits per heavy atom. The van der Waals surface area contributed by atoms with Crippen LogP contribution < -0.4 is 49.7 Å². The highest BCUT2D eigenvalue weighted by molar-refractivity contribution is 14.1. The van der Waals surface area contributed by atoms with Gasteiger partial charge in [0.25, 0.3) is 0 Å². The van der Waals surface area contributed by atoms with Gasteiger partial charge in [0.1, 0.15) is 22.7 Å². The molecule has 14 nitrogen and oxygen atoms in total. The SMILES string of the molecule is CCOc1c(OCC)c(OCC)c2c(OCC)c3c(c(OI)c2c1OI)N(I)c1c(c(OI)c2c(OI)c(OI)c(OI)c(OI)c2c1OI)N3I. The second-order valence-corrected chi connectivity index (χ2v) is 15.2. The van der Waals surface area contributed by atoms with E-state index in [2.05, 4.69) is 45.7 Å². The lowest BCUT2D eigenvalue weighted by atomic mass is 9.97. The summed E-state index contributed by atoms with van der Waals surface area (Å²) >= 11 is 19.0. The van der Waals surface area contributed by atoms with Gasteiger partial charge in [-0.05, 0) is 27.7 Å².